The van der Waals surface area contributed by atoms with E-state index < -0.39 is 17.4 Å². The van der Waals surface area contributed by atoms with Gasteiger partial charge in [0.05, 0.1) is 12.7 Å². The quantitative estimate of drug-likeness (QED) is 0.759. The molecule has 3 aliphatic rings. The monoisotopic (exact) mass is 354 g/mol. The van der Waals surface area contributed by atoms with Crippen molar-refractivity contribution >= 4 is 23.4 Å². The molecule has 7 heteroatoms. The summed E-state index contributed by atoms with van der Waals surface area (Å²) in [5.74, 6) is -1.24. The number of nitrogens with zero attached hydrogens (tertiary/aromatic N) is 1. The molecule has 134 valence electrons. The number of rotatable bonds is 1. The first-order valence-corrected chi connectivity index (χ1v) is 8.35. The third-order valence-corrected chi connectivity index (χ3v) is 5.31. The number of hydrogen-bond donors (Lipinski definition) is 1. The molecule has 1 aromatic rings. The average Bonchev–Trinajstić information content (AvgIpc) is 2.93. The van der Waals surface area contributed by atoms with Crippen LogP contribution >= 0.6 is 0 Å². The van der Waals surface area contributed by atoms with Crippen molar-refractivity contribution in [2.24, 2.45) is 5.73 Å². The molecular formula is C19H18N2O5. The van der Waals surface area contributed by atoms with Crippen LogP contribution in [0.15, 0.2) is 47.0 Å². The lowest BCUT2D eigenvalue weighted by molar-refractivity contribution is -0.145. The first kappa shape index (κ1) is 16.4. The molecular weight excluding hydrogens is 336 g/mol. The summed E-state index contributed by atoms with van der Waals surface area (Å²) in [4.78, 5) is 40.3. The number of para-hydroxylation sites is 1. The Morgan fingerprint density at radius 2 is 2.00 bits per heavy atom. The van der Waals surface area contributed by atoms with Crippen LogP contribution in [0.2, 0.25) is 0 Å². The molecule has 0 saturated carbocycles. The summed E-state index contributed by atoms with van der Waals surface area (Å²) in [6.45, 7) is 0. The van der Waals surface area contributed by atoms with Gasteiger partial charge in [0.15, 0.2) is 11.2 Å². The molecule has 0 amide bonds. The van der Waals surface area contributed by atoms with E-state index in [1.54, 1.807) is 36.2 Å². The van der Waals surface area contributed by atoms with Crippen LogP contribution in [-0.2, 0) is 29.3 Å². The molecule has 2 aliphatic heterocycles. The predicted octanol–water partition coefficient (Wildman–Crippen LogP) is 1.28. The van der Waals surface area contributed by atoms with Gasteiger partial charge in [-0.2, -0.15) is 0 Å². The number of nitrogens with two attached hydrogens (primary N) is 1. The highest BCUT2D eigenvalue weighted by Crippen LogP contribution is 2.55. The summed E-state index contributed by atoms with van der Waals surface area (Å²) in [6, 6.07) is 7.07. The van der Waals surface area contributed by atoms with E-state index in [4.69, 9.17) is 15.2 Å². The van der Waals surface area contributed by atoms with E-state index in [1.807, 2.05) is 0 Å². The van der Waals surface area contributed by atoms with Gasteiger partial charge >= 0.3 is 11.9 Å². The Hall–Kier alpha value is -3.09. The van der Waals surface area contributed by atoms with Gasteiger partial charge in [-0.3, -0.25) is 4.79 Å². The van der Waals surface area contributed by atoms with Crippen LogP contribution in [0.1, 0.15) is 24.8 Å². The first-order valence-electron chi connectivity index (χ1n) is 8.35. The number of ether oxygens (including phenoxy) is 2. The molecule has 2 heterocycles. The lowest BCUT2D eigenvalue weighted by atomic mass is 9.64. The fraction of sp³-hybridized carbons (Fsp3) is 0.316. The summed E-state index contributed by atoms with van der Waals surface area (Å²) in [5.41, 5.74) is 5.89. The number of fused-ring (bicyclic) bond motifs is 3. The summed E-state index contributed by atoms with van der Waals surface area (Å²) < 4.78 is 10.4. The van der Waals surface area contributed by atoms with Crippen LogP contribution < -0.4 is 10.6 Å². The maximum atomic E-state index is 13.2. The maximum absolute atomic E-state index is 13.2. The minimum absolute atomic E-state index is 0.0635. The molecule has 1 atom stereocenters. The Balaban J connectivity index is 2.15. The largest absolute Gasteiger partial charge is 0.466 e. The average molecular weight is 354 g/mol. The van der Waals surface area contributed by atoms with E-state index in [0.29, 0.717) is 36.3 Å². The predicted molar refractivity (Wildman–Crippen MR) is 91.7 cm³/mol. The van der Waals surface area contributed by atoms with Gasteiger partial charge in [-0.1, -0.05) is 18.2 Å². The van der Waals surface area contributed by atoms with Crippen LogP contribution in [0.25, 0.3) is 0 Å². The van der Waals surface area contributed by atoms with Crippen molar-refractivity contribution < 1.29 is 23.9 Å². The van der Waals surface area contributed by atoms with Gasteiger partial charge in [-0.05, 0) is 12.5 Å². The number of carbonyl (C=O) groups excluding carboxylic acids is 3. The minimum Gasteiger partial charge on any atom is -0.466 e. The van der Waals surface area contributed by atoms with Crippen molar-refractivity contribution in [1.82, 2.24) is 0 Å². The number of benzene rings is 1. The molecule has 1 aliphatic carbocycles. The fourth-order valence-electron chi connectivity index (χ4n) is 4.16. The van der Waals surface area contributed by atoms with Crippen LogP contribution in [0, 0.1) is 0 Å². The highest BCUT2D eigenvalue weighted by atomic mass is 16.5. The van der Waals surface area contributed by atoms with E-state index in [9.17, 15) is 14.4 Å². The van der Waals surface area contributed by atoms with Crippen molar-refractivity contribution in [2.45, 2.75) is 24.7 Å². The molecule has 0 fully saturated rings. The zero-order chi connectivity index (χ0) is 18.6. The van der Waals surface area contributed by atoms with E-state index in [-0.39, 0.29) is 22.8 Å². The molecule has 7 nitrogen and oxygen atoms in total. The Kier molecular flexibility index (Phi) is 3.44. The summed E-state index contributed by atoms with van der Waals surface area (Å²) in [7, 11) is 2.91. The van der Waals surface area contributed by atoms with E-state index in [2.05, 4.69) is 0 Å². The van der Waals surface area contributed by atoms with Gasteiger partial charge in [0.25, 0.3) is 0 Å². The highest BCUT2D eigenvalue weighted by Gasteiger charge is 2.63. The number of methoxy groups -OCH3 is 1. The second kappa shape index (κ2) is 5.45. The zero-order valence-corrected chi connectivity index (χ0v) is 14.5. The molecule has 0 aromatic heterocycles. The normalized spacial score (nSPS) is 24.6. The standard InChI is InChI=1S/C19H18N2O5/c1-21-11-7-4-3-6-10(11)19(15(16(21)20)17(23)25-2)14-12(22)8-5-9-13(14)26-18(19)24/h3-4,6-7H,5,8-9,20H2,1-2H3/t19-/m1/s1. The van der Waals surface area contributed by atoms with Crippen molar-refractivity contribution in [1.29, 1.82) is 0 Å². The van der Waals surface area contributed by atoms with Crippen molar-refractivity contribution in [3.63, 3.8) is 0 Å². The van der Waals surface area contributed by atoms with E-state index >= 15 is 0 Å². The number of carbonyl (C=O) groups is 3. The summed E-state index contributed by atoms with van der Waals surface area (Å²) in [6.07, 6.45) is 1.37. The maximum Gasteiger partial charge on any atom is 0.339 e. The van der Waals surface area contributed by atoms with Crippen molar-refractivity contribution in [3.8, 4) is 0 Å². The molecule has 1 aromatic carbocycles. The molecule has 0 unspecified atom stereocenters. The Bertz CT molecular complexity index is 930. The topological polar surface area (TPSA) is 98.9 Å². The number of Topliss-reactive ketones (excluding diaryl/α,β-unsaturated/α-hetero) is 1. The van der Waals surface area contributed by atoms with Gasteiger partial charge < -0.3 is 20.1 Å². The molecule has 1 spiro atoms. The Labute approximate surface area is 150 Å². The molecule has 0 radical (unpaired) electrons. The van der Waals surface area contributed by atoms with Gasteiger partial charge in [-0.15, -0.1) is 0 Å². The van der Waals surface area contributed by atoms with Crippen molar-refractivity contribution in [3.05, 3.63) is 52.6 Å². The molecule has 0 bridgehead atoms. The van der Waals surface area contributed by atoms with Crippen LogP contribution in [-0.4, -0.2) is 31.9 Å². The SMILES string of the molecule is COC(=O)C1=C(N)N(C)c2ccccc2[C@]12C(=O)OC1=C2C(=O)CCC1. The lowest BCUT2D eigenvalue weighted by Crippen LogP contribution is -2.49. The lowest BCUT2D eigenvalue weighted by Gasteiger charge is -2.40. The van der Waals surface area contributed by atoms with Crippen LogP contribution in [0.5, 0.6) is 0 Å². The highest BCUT2D eigenvalue weighted by molar-refractivity contribution is 6.17. The molecule has 26 heavy (non-hydrogen) atoms. The van der Waals surface area contributed by atoms with E-state index in [1.165, 1.54) is 7.11 Å². The Morgan fingerprint density at radius 1 is 1.27 bits per heavy atom. The van der Waals surface area contributed by atoms with Gasteiger partial charge in [-0.25, -0.2) is 9.59 Å². The number of ketones is 1. The van der Waals surface area contributed by atoms with Gasteiger partial charge in [0, 0.05) is 31.1 Å². The second-order valence-electron chi connectivity index (χ2n) is 6.54. The van der Waals surface area contributed by atoms with E-state index in [0.717, 1.165) is 0 Å². The minimum atomic E-state index is -1.67. The van der Waals surface area contributed by atoms with Crippen LogP contribution in [0.4, 0.5) is 5.69 Å². The van der Waals surface area contributed by atoms with Gasteiger partial charge in [0.1, 0.15) is 17.2 Å². The third kappa shape index (κ3) is 1.80. The number of allylic oxidation sites excluding steroid dienone is 1. The summed E-state index contributed by atoms with van der Waals surface area (Å²) in [5, 5.41) is 0. The molecule has 0 saturated heterocycles. The fourth-order valence-corrected chi connectivity index (χ4v) is 4.16. The molecule has 2 N–H and O–H groups in total. The smallest absolute Gasteiger partial charge is 0.339 e. The second-order valence-corrected chi connectivity index (χ2v) is 6.54. The molecule has 4 rings (SSSR count). The van der Waals surface area contributed by atoms with Gasteiger partial charge in [0.2, 0.25) is 0 Å². The number of esters is 2. The first-order chi connectivity index (χ1) is 12.4. The number of hydrogen-bond acceptors (Lipinski definition) is 7. The third-order valence-electron chi connectivity index (χ3n) is 5.31. The van der Waals surface area contributed by atoms with Crippen LogP contribution in [0.3, 0.4) is 0 Å². The van der Waals surface area contributed by atoms with Crippen molar-refractivity contribution in [2.75, 3.05) is 19.1 Å². The Morgan fingerprint density at radius 3 is 2.73 bits per heavy atom. The summed E-state index contributed by atoms with van der Waals surface area (Å²) >= 11 is 0. The number of anilines is 1. The zero-order valence-electron chi connectivity index (χ0n) is 14.5.